The van der Waals surface area contributed by atoms with E-state index in [0.717, 1.165) is 0 Å². The van der Waals surface area contributed by atoms with E-state index in [1.54, 1.807) is 6.92 Å². The first-order chi connectivity index (χ1) is 6.24. The fourth-order valence-corrected chi connectivity index (χ4v) is 0.773. The standard InChI is InChI=1S/C8H10N2O3/c1-2-13-10-8(12)6-4-3-5-7(11)9-6/h3-5H,2H2,1H3,(H,9,11)(H,10,12). The second-order valence-electron chi connectivity index (χ2n) is 2.29. The van der Waals surface area contributed by atoms with Crippen molar-refractivity contribution in [1.82, 2.24) is 10.5 Å². The zero-order valence-electron chi connectivity index (χ0n) is 7.16. The lowest BCUT2D eigenvalue weighted by molar-refractivity contribution is 0.0360. The molecular weight excluding hydrogens is 172 g/mol. The van der Waals surface area contributed by atoms with Gasteiger partial charge in [-0.1, -0.05) is 6.07 Å². The Morgan fingerprint density at radius 2 is 2.38 bits per heavy atom. The maximum absolute atomic E-state index is 11.1. The maximum Gasteiger partial charge on any atom is 0.291 e. The molecule has 13 heavy (non-hydrogen) atoms. The van der Waals surface area contributed by atoms with Crippen molar-refractivity contribution in [2.45, 2.75) is 6.92 Å². The number of hydrogen-bond acceptors (Lipinski definition) is 3. The van der Waals surface area contributed by atoms with E-state index in [1.807, 2.05) is 0 Å². The van der Waals surface area contributed by atoms with Gasteiger partial charge in [0.05, 0.1) is 6.61 Å². The summed E-state index contributed by atoms with van der Waals surface area (Å²) in [5.74, 6) is -0.459. The lowest BCUT2D eigenvalue weighted by atomic mass is 10.3. The summed E-state index contributed by atoms with van der Waals surface area (Å²) in [6.45, 7) is 2.12. The average Bonchev–Trinajstić information content (AvgIpc) is 2.14. The smallest absolute Gasteiger partial charge is 0.291 e. The van der Waals surface area contributed by atoms with Crippen LogP contribution >= 0.6 is 0 Å². The summed E-state index contributed by atoms with van der Waals surface area (Å²) in [5, 5.41) is 0. The van der Waals surface area contributed by atoms with E-state index in [9.17, 15) is 9.59 Å². The third-order valence-corrected chi connectivity index (χ3v) is 1.32. The Labute approximate surface area is 74.7 Å². The Balaban J connectivity index is 2.71. The Hall–Kier alpha value is -1.62. The molecule has 1 amide bonds. The quantitative estimate of drug-likeness (QED) is 0.649. The number of nitrogens with one attached hydrogen (secondary N) is 2. The van der Waals surface area contributed by atoms with Gasteiger partial charge in [-0.25, -0.2) is 5.48 Å². The zero-order chi connectivity index (χ0) is 9.68. The molecule has 5 nitrogen and oxygen atoms in total. The Morgan fingerprint density at radius 3 is 3.00 bits per heavy atom. The summed E-state index contributed by atoms with van der Waals surface area (Å²) in [5.41, 5.74) is 2.03. The van der Waals surface area contributed by atoms with Gasteiger partial charge in [0.2, 0.25) is 5.56 Å². The van der Waals surface area contributed by atoms with Gasteiger partial charge in [0.25, 0.3) is 5.91 Å². The summed E-state index contributed by atoms with van der Waals surface area (Å²) >= 11 is 0. The molecule has 1 aromatic rings. The van der Waals surface area contributed by atoms with E-state index in [2.05, 4.69) is 15.3 Å². The fraction of sp³-hybridized carbons (Fsp3) is 0.250. The van der Waals surface area contributed by atoms with Crippen molar-refractivity contribution in [1.29, 1.82) is 0 Å². The Morgan fingerprint density at radius 1 is 1.62 bits per heavy atom. The molecule has 0 radical (unpaired) electrons. The van der Waals surface area contributed by atoms with Gasteiger partial charge in [-0.2, -0.15) is 0 Å². The first-order valence-corrected chi connectivity index (χ1v) is 3.85. The molecule has 0 saturated heterocycles. The van der Waals surface area contributed by atoms with Crippen LogP contribution in [0.25, 0.3) is 0 Å². The predicted molar refractivity (Wildman–Crippen MR) is 46.2 cm³/mol. The largest absolute Gasteiger partial charge is 0.318 e. The molecule has 2 N–H and O–H groups in total. The normalized spacial score (nSPS) is 9.62. The molecule has 0 fully saturated rings. The van der Waals surface area contributed by atoms with Gasteiger partial charge in [0.1, 0.15) is 5.69 Å². The highest BCUT2D eigenvalue weighted by Gasteiger charge is 2.04. The SMILES string of the molecule is CCONC(=O)c1cccc(=O)[nH]1. The number of H-pyrrole nitrogens is 1. The molecular formula is C8H10N2O3. The van der Waals surface area contributed by atoms with Crippen LogP contribution in [0.4, 0.5) is 0 Å². The van der Waals surface area contributed by atoms with Crippen LogP contribution in [0.2, 0.25) is 0 Å². The van der Waals surface area contributed by atoms with E-state index in [-0.39, 0.29) is 11.3 Å². The van der Waals surface area contributed by atoms with E-state index >= 15 is 0 Å². The van der Waals surface area contributed by atoms with Crippen molar-refractivity contribution < 1.29 is 9.63 Å². The molecule has 70 valence electrons. The second kappa shape index (κ2) is 4.42. The van der Waals surface area contributed by atoms with Crippen molar-refractivity contribution in [2.24, 2.45) is 0 Å². The number of carbonyl (C=O) groups is 1. The molecule has 1 aromatic heterocycles. The summed E-state index contributed by atoms with van der Waals surface area (Å²) in [4.78, 5) is 29.0. The van der Waals surface area contributed by atoms with Gasteiger partial charge in [-0.05, 0) is 13.0 Å². The number of rotatable bonds is 3. The van der Waals surface area contributed by atoms with Crippen molar-refractivity contribution in [3.05, 3.63) is 34.2 Å². The second-order valence-corrected chi connectivity index (χ2v) is 2.29. The van der Waals surface area contributed by atoms with Crippen molar-refractivity contribution in [3.8, 4) is 0 Å². The number of amides is 1. The van der Waals surface area contributed by atoms with Gasteiger partial charge in [0.15, 0.2) is 0 Å². The van der Waals surface area contributed by atoms with Gasteiger partial charge in [0, 0.05) is 6.07 Å². The highest BCUT2D eigenvalue weighted by Crippen LogP contribution is 1.89. The van der Waals surface area contributed by atoms with Crippen molar-refractivity contribution in [3.63, 3.8) is 0 Å². The van der Waals surface area contributed by atoms with Crippen LogP contribution in [0.15, 0.2) is 23.0 Å². The average molecular weight is 182 g/mol. The fourth-order valence-electron chi connectivity index (χ4n) is 0.773. The molecule has 1 heterocycles. The minimum Gasteiger partial charge on any atom is -0.318 e. The van der Waals surface area contributed by atoms with E-state index in [0.29, 0.717) is 6.61 Å². The highest BCUT2D eigenvalue weighted by molar-refractivity contribution is 5.91. The summed E-state index contributed by atoms with van der Waals surface area (Å²) in [7, 11) is 0. The Kier molecular flexibility index (Phi) is 3.22. The molecule has 5 heteroatoms. The molecule has 0 aliphatic carbocycles. The third kappa shape index (κ3) is 2.72. The molecule has 0 saturated carbocycles. The van der Waals surface area contributed by atoms with Crippen LogP contribution in [0.5, 0.6) is 0 Å². The molecule has 0 aliphatic heterocycles. The molecule has 1 rings (SSSR count). The highest BCUT2D eigenvalue weighted by atomic mass is 16.6. The molecule has 0 spiro atoms. The van der Waals surface area contributed by atoms with E-state index in [4.69, 9.17) is 0 Å². The minimum atomic E-state index is -0.459. The minimum absolute atomic E-state index is 0.181. The van der Waals surface area contributed by atoms with E-state index < -0.39 is 5.91 Å². The molecule has 0 atom stereocenters. The number of carbonyl (C=O) groups excluding carboxylic acids is 1. The van der Waals surface area contributed by atoms with Crippen LogP contribution < -0.4 is 11.0 Å². The predicted octanol–water partition coefficient (Wildman–Crippen LogP) is 0.0562. The maximum atomic E-state index is 11.1. The molecule has 0 aromatic carbocycles. The number of pyridine rings is 1. The molecule has 0 unspecified atom stereocenters. The number of hydrogen-bond donors (Lipinski definition) is 2. The summed E-state index contributed by atoms with van der Waals surface area (Å²) < 4.78 is 0. The van der Waals surface area contributed by atoms with Crippen molar-refractivity contribution >= 4 is 5.91 Å². The third-order valence-electron chi connectivity index (χ3n) is 1.32. The van der Waals surface area contributed by atoms with Crippen LogP contribution in [0.3, 0.4) is 0 Å². The van der Waals surface area contributed by atoms with Crippen LogP contribution in [-0.2, 0) is 4.84 Å². The van der Waals surface area contributed by atoms with Crippen LogP contribution in [-0.4, -0.2) is 17.5 Å². The number of hydroxylamine groups is 1. The number of aromatic nitrogens is 1. The molecule has 0 aliphatic rings. The van der Waals surface area contributed by atoms with E-state index in [1.165, 1.54) is 18.2 Å². The first kappa shape index (κ1) is 9.47. The van der Waals surface area contributed by atoms with Gasteiger partial charge in [-0.3, -0.25) is 14.4 Å². The van der Waals surface area contributed by atoms with Gasteiger partial charge >= 0.3 is 0 Å². The lowest BCUT2D eigenvalue weighted by Gasteiger charge is -2.02. The number of aromatic amines is 1. The van der Waals surface area contributed by atoms with Gasteiger partial charge < -0.3 is 4.98 Å². The first-order valence-electron chi connectivity index (χ1n) is 3.85. The summed E-state index contributed by atoms with van der Waals surface area (Å²) in [6, 6.07) is 4.33. The van der Waals surface area contributed by atoms with Crippen LogP contribution in [0.1, 0.15) is 17.4 Å². The van der Waals surface area contributed by atoms with Gasteiger partial charge in [-0.15, -0.1) is 0 Å². The topological polar surface area (TPSA) is 71.2 Å². The van der Waals surface area contributed by atoms with Crippen LogP contribution in [0, 0.1) is 0 Å². The molecule has 0 bridgehead atoms. The zero-order valence-corrected chi connectivity index (χ0v) is 7.16. The lowest BCUT2D eigenvalue weighted by Crippen LogP contribution is -2.26. The van der Waals surface area contributed by atoms with Crippen molar-refractivity contribution in [2.75, 3.05) is 6.61 Å². The monoisotopic (exact) mass is 182 g/mol. The summed E-state index contributed by atoms with van der Waals surface area (Å²) in [6.07, 6.45) is 0. The Bertz CT molecular complexity index is 345.